The number of amides is 1. The quantitative estimate of drug-likeness (QED) is 0.581. The molecule has 1 amide bonds. The van der Waals surface area contributed by atoms with Gasteiger partial charge in [0.05, 0.1) is 20.3 Å². The van der Waals surface area contributed by atoms with E-state index in [2.05, 4.69) is 0 Å². The van der Waals surface area contributed by atoms with Crippen molar-refractivity contribution < 1.29 is 31.5 Å². The highest BCUT2D eigenvalue weighted by atomic mass is 32.2. The van der Waals surface area contributed by atoms with Crippen molar-refractivity contribution in [3.63, 3.8) is 0 Å². The first-order valence-electron chi connectivity index (χ1n) is 9.84. The van der Waals surface area contributed by atoms with Crippen LogP contribution in [-0.2, 0) is 14.8 Å². The van der Waals surface area contributed by atoms with Crippen LogP contribution in [0.5, 0.6) is 5.75 Å². The molecular weight excluding hydrogens is 418 g/mol. The Hall–Kier alpha value is -1.78. The van der Waals surface area contributed by atoms with E-state index >= 15 is 0 Å². The summed E-state index contributed by atoms with van der Waals surface area (Å²) in [7, 11) is -1.17. The fraction of sp³-hybridized carbons (Fsp3) is 0.650. The Kier molecular flexibility index (Phi) is 8.57. The summed E-state index contributed by atoms with van der Waals surface area (Å²) in [5.74, 6) is -0.175. The van der Waals surface area contributed by atoms with Gasteiger partial charge in [-0.2, -0.15) is 4.31 Å². The van der Waals surface area contributed by atoms with Crippen LogP contribution in [0.1, 0.15) is 30.6 Å². The maximum Gasteiger partial charge on any atom is 0.255 e. The summed E-state index contributed by atoms with van der Waals surface area (Å²) in [6.07, 6.45) is -1.78. The Morgan fingerprint density at radius 3 is 2.40 bits per heavy atom. The molecule has 2 unspecified atom stereocenters. The van der Waals surface area contributed by atoms with Gasteiger partial charge in [-0.1, -0.05) is 13.8 Å². The van der Waals surface area contributed by atoms with Crippen LogP contribution in [0.3, 0.4) is 0 Å². The minimum Gasteiger partial charge on any atom is -0.495 e. The highest BCUT2D eigenvalue weighted by Crippen LogP contribution is 2.32. The van der Waals surface area contributed by atoms with Crippen LogP contribution in [0.2, 0.25) is 0 Å². The molecule has 1 aliphatic rings. The minimum absolute atomic E-state index is 0.00392. The number of benzene rings is 1. The molecule has 1 aliphatic heterocycles. The largest absolute Gasteiger partial charge is 0.495 e. The number of halogens is 2. The first kappa shape index (κ1) is 24.5. The van der Waals surface area contributed by atoms with Crippen molar-refractivity contribution in [3.05, 3.63) is 23.8 Å². The summed E-state index contributed by atoms with van der Waals surface area (Å²) >= 11 is 0. The van der Waals surface area contributed by atoms with E-state index in [4.69, 9.17) is 9.47 Å². The van der Waals surface area contributed by atoms with Crippen molar-refractivity contribution in [2.24, 2.45) is 11.8 Å². The molecule has 1 heterocycles. The van der Waals surface area contributed by atoms with E-state index in [0.717, 1.165) is 11.3 Å². The molecule has 1 aromatic carbocycles. The molecule has 1 aromatic rings. The lowest BCUT2D eigenvalue weighted by molar-refractivity contribution is 0.0478. The Labute approximate surface area is 177 Å². The van der Waals surface area contributed by atoms with Gasteiger partial charge in [-0.15, -0.1) is 0 Å². The van der Waals surface area contributed by atoms with E-state index in [0.29, 0.717) is 13.1 Å². The average molecular weight is 449 g/mol. The van der Waals surface area contributed by atoms with E-state index in [-0.39, 0.29) is 41.2 Å². The van der Waals surface area contributed by atoms with Crippen LogP contribution < -0.4 is 4.74 Å². The molecule has 7 nitrogen and oxygen atoms in total. The van der Waals surface area contributed by atoms with Crippen molar-refractivity contribution in [2.75, 3.05) is 47.0 Å². The van der Waals surface area contributed by atoms with Crippen molar-refractivity contribution in [3.8, 4) is 5.75 Å². The number of carbonyl (C=O) groups is 1. The van der Waals surface area contributed by atoms with Crippen molar-refractivity contribution in [1.82, 2.24) is 9.21 Å². The first-order chi connectivity index (χ1) is 14.1. The lowest BCUT2D eigenvalue weighted by Crippen LogP contribution is -2.42. The fourth-order valence-corrected chi connectivity index (χ4v) is 5.64. The molecule has 2 rings (SSSR count). The van der Waals surface area contributed by atoms with Crippen LogP contribution >= 0.6 is 0 Å². The smallest absolute Gasteiger partial charge is 0.255 e. The number of carbonyl (C=O) groups excluding carboxylic acids is 1. The summed E-state index contributed by atoms with van der Waals surface area (Å²) in [5, 5.41) is 0. The van der Waals surface area contributed by atoms with Gasteiger partial charge in [-0.3, -0.25) is 4.79 Å². The van der Waals surface area contributed by atoms with Crippen LogP contribution in [-0.4, -0.2) is 77.0 Å². The topological polar surface area (TPSA) is 76.1 Å². The lowest BCUT2D eigenvalue weighted by Gasteiger charge is -2.34. The van der Waals surface area contributed by atoms with E-state index < -0.39 is 28.9 Å². The third kappa shape index (κ3) is 5.89. The van der Waals surface area contributed by atoms with E-state index in [1.165, 1.54) is 36.7 Å². The summed E-state index contributed by atoms with van der Waals surface area (Å²) in [6.45, 7) is 4.02. The highest BCUT2D eigenvalue weighted by molar-refractivity contribution is 7.89. The van der Waals surface area contributed by atoms with Crippen molar-refractivity contribution in [2.45, 2.75) is 31.6 Å². The molecule has 10 heteroatoms. The molecule has 0 N–H and O–H groups in total. The second kappa shape index (κ2) is 10.5. The number of ether oxygens (including phenoxy) is 2. The Morgan fingerprint density at radius 2 is 1.87 bits per heavy atom. The maximum atomic E-state index is 13.3. The summed E-state index contributed by atoms with van der Waals surface area (Å²) in [6, 6.07) is 3.98. The predicted octanol–water partition coefficient (Wildman–Crippen LogP) is 2.72. The third-order valence-corrected chi connectivity index (χ3v) is 6.93. The molecule has 30 heavy (non-hydrogen) atoms. The average Bonchev–Trinajstić information content (AvgIpc) is 2.69. The summed E-state index contributed by atoms with van der Waals surface area (Å²) in [5.41, 5.74) is 0.00392. The SMILES string of the molecule is COCCN(CC(F)F)C(=O)c1ccc(OC)c(S(=O)(=O)N2CC(C)CC(C)C2)c1. The van der Waals surface area contributed by atoms with Gasteiger partial charge in [0.2, 0.25) is 10.0 Å². The predicted molar refractivity (Wildman–Crippen MR) is 108 cm³/mol. The zero-order valence-corrected chi connectivity index (χ0v) is 18.6. The fourth-order valence-electron chi connectivity index (χ4n) is 3.78. The second-order valence-electron chi connectivity index (χ2n) is 7.77. The van der Waals surface area contributed by atoms with Gasteiger partial charge in [0, 0.05) is 32.3 Å². The molecule has 0 aromatic heterocycles. The zero-order chi connectivity index (χ0) is 22.5. The van der Waals surface area contributed by atoms with Crippen molar-refractivity contribution >= 4 is 15.9 Å². The van der Waals surface area contributed by atoms with Gasteiger partial charge in [0.25, 0.3) is 12.3 Å². The van der Waals surface area contributed by atoms with Gasteiger partial charge in [-0.05, 0) is 36.5 Å². The van der Waals surface area contributed by atoms with Gasteiger partial charge in [0.15, 0.2) is 0 Å². The van der Waals surface area contributed by atoms with E-state index in [9.17, 15) is 22.0 Å². The van der Waals surface area contributed by atoms with Gasteiger partial charge >= 0.3 is 0 Å². The Morgan fingerprint density at radius 1 is 1.23 bits per heavy atom. The Bertz CT molecular complexity index is 824. The number of nitrogens with zero attached hydrogens (tertiary/aromatic N) is 2. The molecule has 0 radical (unpaired) electrons. The maximum absolute atomic E-state index is 13.3. The minimum atomic E-state index is -3.93. The number of alkyl halides is 2. The van der Waals surface area contributed by atoms with Crippen LogP contribution in [0.25, 0.3) is 0 Å². The normalized spacial score (nSPS) is 20.4. The number of rotatable bonds is 9. The van der Waals surface area contributed by atoms with Crippen LogP contribution in [0.15, 0.2) is 23.1 Å². The number of hydrogen-bond acceptors (Lipinski definition) is 5. The second-order valence-corrected chi connectivity index (χ2v) is 9.68. The summed E-state index contributed by atoms with van der Waals surface area (Å²) < 4.78 is 64.1. The molecule has 0 spiro atoms. The monoisotopic (exact) mass is 448 g/mol. The van der Waals surface area contributed by atoms with Gasteiger partial charge in [-0.25, -0.2) is 17.2 Å². The van der Waals surface area contributed by atoms with Gasteiger partial charge < -0.3 is 14.4 Å². The number of piperidine rings is 1. The molecule has 0 aliphatic carbocycles. The molecule has 170 valence electrons. The zero-order valence-electron chi connectivity index (χ0n) is 17.8. The third-order valence-electron chi connectivity index (χ3n) is 5.07. The molecule has 2 atom stereocenters. The molecule has 0 saturated carbocycles. The Balaban J connectivity index is 2.41. The first-order valence-corrected chi connectivity index (χ1v) is 11.3. The van der Waals surface area contributed by atoms with Gasteiger partial charge in [0.1, 0.15) is 10.6 Å². The number of hydrogen-bond donors (Lipinski definition) is 0. The highest BCUT2D eigenvalue weighted by Gasteiger charge is 2.34. The molecule has 1 saturated heterocycles. The molecule has 1 fully saturated rings. The van der Waals surface area contributed by atoms with Crippen LogP contribution in [0, 0.1) is 11.8 Å². The lowest BCUT2D eigenvalue weighted by atomic mass is 9.94. The summed E-state index contributed by atoms with van der Waals surface area (Å²) in [4.78, 5) is 13.7. The van der Waals surface area contributed by atoms with E-state index in [1.807, 2.05) is 13.8 Å². The van der Waals surface area contributed by atoms with Crippen molar-refractivity contribution in [1.29, 1.82) is 0 Å². The number of methoxy groups -OCH3 is 2. The molecular formula is C20H30F2N2O5S. The number of sulfonamides is 1. The molecule has 0 bridgehead atoms. The standard InChI is InChI=1S/C20H30F2N2O5S/c1-14-9-15(2)12-24(11-14)30(26,27)18-10-16(5-6-17(18)29-4)20(25)23(7-8-28-3)13-19(21)22/h5-6,10,14-15,19H,7-9,11-13H2,1-4H3. The van der Waals surface area contributed by atoms with E-state index in [1.54, 1.807) is 0 Å². The van der Waals surface area contributed by atoms with Crippen LogP contribution in [0.4, 0.5) is 8.78 Å².